The standard InChI is InChI=1S/C18H20OSi/c1-16(14-15-17-10-6-4-7-11-17)19-20(2,3)18-12-8-5-9-13-18/h4-13,15H,1-3H3. The van der Waals surface area contributed by atoms with Gasteiger partial charge in [-0.3, -0.25) is 0 Å². The van der Waals surface area contributed by atoms with Gasteiger partial charge in [0.2, 0.25) is 0 Å². The molecule has 102 valence electrons. The Balaban J connectivity index is 2.15. The van der Waals surface area contributed by atoms with Crippen LogP contribution in [0, 0.1) is 0 Å². The molecule has 0 fully saturated rings. The quantitative estimate of drug-likeness (QED) is 0.460. The van der Waals surface area contributed by atoms with Crippen LogP contribution in [-0.2, 0) is 4.43 Å². The van der Waals surface area contributed by atoms with Gasteiger partial charge in [-0.25, -0.2) is 0 Å². The highest BCUT2D eigenvalue weighted by Crippen LogP contribution is 2.11. The molecule has 0 unspecified atom stereocenters. The van der Waals surface area contributed by atoms with Crippen molar-refractivity contribution in [2.24, 2.45) is 0 Å². The summed E-state index contributed by atoms with van der Waals surface area (Å²) in [5.41, 5.74) is 4.36. The number of benzene rings is 2. The van der Waals surface area contributed by atoms with Crippen molar-refractivity contribution in [1.29, 1.82) is 0 Å². The predicted octanol–water partition coefficient (Wildman–Crippen LogP) is 4.33. The molecule has 1 nitrogen and oxygen atoms in total. The Hall–Kier alpha value is -2.02. The molecule has 0 saturated heterocycles. The lowest BCUT2D eigenvalue weighted by Gasteiger charge is -2.24. The molecule has 0 aliphatic heterocycles. The molecule has 0 amide bonds. The molecule has 2 aromatic carbocycles. The van der Waals surface area contributed by atoms with Crippen LogP contribution in [-0.4, -0.2) is 8.32 Å². The van der Waals surface area contributed by atoms with Crippen molar-refractivity contribution < 1.29 is 4.43 Å². The van der Waals surface area contributed by atoms with Crippen molar-refractivity contribution in [2.45, 2.75) is 20.0 Å². The fourth-order valence-electron chi connectivity index (χ4n) is 2.04. The first-order chi connectivity index (χ1) is 9.58. The van der Waals surface area contributed by atoms with Crippen LogP contribution in [0.3, 0.4) is 0 Å². The maximum Gasteiger partial charge on any atom is 0.277 e. The van der Waals surface area contributed by atoms with Crippen LogP contribution in [0.25, 0.3) is 6.08 Å². The van der Waals surface area contributed by atoms with E-state index in [1.54, 1.807) is 0 Å². The summed E-state index contributed by atoms with van der Waals surface area (Å²) in [4.78, 5) is 0. The van der Waals surface area contributed by atoms with Gasteiger partial charge in [0.15, 0.2) is 0 Å². The van der Waals surface area contributed by atoms with Gasteiger partial charge in [-0.15, -0.1) is 0 Å². The van der Waals surface area contributed by atoms with E-state index in [1.165, 1.54) is 5.19 Å². The van der Waals surface area contributed by atoms with Crippen molar-refractivity contribution >= 4 is 19.6 Å². The van der Waals surface area contributed by atoms with E-state index in [4.69, 9.17) is 4.43 Å². The molecule has 2 heteroatoms. The average molecular weight is 280 g/mol. The Kier molecular flexibility index (Phi) is 4.62. The second kappa shape index (κ2) is 6.42. The first-order valence-electron chi connectivity index (χ1n) is 6.81. The lowest BCUT2D eigenvalue weighted by molar-refractivity contribution is 0.431. The van der Waals surface area contributed by atoms with Gasteiger partial charge in [-0.1, -0.05) is 66.4 Å². The van der Waals surface area contributed by atoms with Crippen molar-refractivity contribution in [3.63, 3.8) is 0 Å². The highest BCUT2D eigenvalue weighted by atomic mass is 28.4. The summed E-state index contributed by atoms with van der Waals surface area (Å²) in [6, 6.07) is 20.6. The molecule has 0 bridgehead atoms. The lowest BCUT2D eigenvalue weighted by Crippen LogP contribution is -2.44. The van der Waals surface area contributed by atoms with Crippen LogP contribution in [0.1, 0.15) is 12.5 Å². The van der Waals surface area contributed by atoms with Gasteiger partial charge < -0.3 is 4.43 Å². The van der Waals surface area contributed by atoms with E-state index in [0.29, 0.717) is 0 Å². The number of hydrogen-bond acceptors (Lipinski definition) is 1. The van der Waals surface area contributed by atoms with Gasteiger partial charge in [0.05, 0.1) is 0 Å². The Morgan fingerprint density at radius 2 is 1.50 bits per heavy atom. The number of allylic oxidation sites excluding steroid dienone is 1. The molecule has 0 spiro atoms. The molecule has 0 saturated carbocycles. The summed E-state index contributed by atoms with van der Waals surface area (Å²) in [5, 5.41) is 1.29. The smallest absolute Gasteiger partial charge is 0.277 e. The van der Waals surface area contributed by atoms with E-state index in [2.05, 4.69) is 55.2 Å². The summed E-state index contributed by atoms with van der Waals surface area (Å²) in [7, 11) is -1.90. The molecule has 0 radical (unpaired) electrons. The SMILES string of the molecule is CC(=C=Cc1ccccc1)O[Si](C)(C)c1ccccc1. The maximum absolute atomic E-state index is 6.16. The predicted molar refractivity (Wildman–Crippen MR) is 88.2 cm³/mol. The summed E-state index contributed by atoms with van der Waals surface area (Å²) in [6.07, 6.45) is 1.96. The molecule has 20 heavy (non-hydrogen) atoms. The Morgan fingerprint density at radius 3 is 2.10 bits per heavy atom. The van der Waals surface area contributed by atoms with Gasteiger partial charge in [0.25, 0.3) is 8.32 Å². The molecule has 0 aromatic heterocycles. The number of hydrogen-bond donors (Lipinski definition) is 0. The largest absolute Gasteiger partial charge is 0.537 e. The zero-order chi connectivity index (χ0) is 14.4. The third-order valence-corrected chi connectivity index (χ3v) is 5.66. The minimum absolute atomic E-state index is 0.842. The van der Waals surface area contributed by atoms with E-state index in [0.717, 1.165) is 11.3 Å². The monoisotopic (exact) mass is 280 g/mol. The van der Waals surface area contributed by atoms with Crippen LogP contribution in [0.15, 0.2) is 72.2 Å². The van der Waals surface area contributed by atoms with Crippen molar-refractivity contribution in [3.8, 4) is 0 Å². The van der Waals surface area contributed by atoms with Crippen LogP contribution < -0.4 is 5.19 Å². The third-order valence-electron chi connectivity index (χ3n) is 3.12. The molecule has 0 atom stereocenters. The Bertz CT molecular complexity index is 608. The molecule has 0 N–H and O–H groups in total. The minimum Gasteiger partial charge on any atom is -0.537 e. The fourth-order valence-corrected chi connectivity index (χ4v) is 3.98. The van der Waals surface area contributed by atoms with E-state index in [-0.39, 0.29) is 0 Å². The molecule has 0 aliphatic rings. The summed E-state index contributed by atoms with van der Waals surface area (Å²) < 4.78 is 6.16. The second-order valence-corrected chi connectivity index (χ2v) is 9.04. The summed E-state index contributed by atoms with van der Waals surface area (Å²) >= 11 is 0. The van der Waals surface area contributed by atoms with E-state index in [1.807, 2.05) is 37.3 Å². The first-order valence-corrected chi connectivity index (χ1v) is 9.72. The normalized spacial score (nSPS) is 10.6. The van der Waals surface area contributed by atoms with Gasteiger partial charge >= 0.3 is 0 Å². The van der Waals surface area contributed by atoms with Gasteiger partial charge in [0, 0.05) is 0 Å². The van der Waals surface area contributed by atoms with Crippen molar-refractivity contribution in [3.05, 3.63) is 77.7 Å². The molecule has 0 heterocycles. The van der Waals surface area contributed by atoms with Gasteiger partial charge in [-0.2, -0.15) is 0 Å². The Labute approximate surface area is 122 Å². The van der Waals surface area contributed by atoms with Crippen molar-refractivity contribution in [2.75, 3.05) is 0 Å². The summed E-state index contributed by atoms with van der Waals surface area (Å²) in [6.45, 7) is 6.38. The zero-order valence-electron chi connectivity index (χ0n) is 12.3. The molecule has 2 rings (SSSR count). The topological polar surface area (TPSA) is 9.23 Å². The fraction of sp³-hybridized carbons (Fsp3) is 0.167. The summed E-state index contributed by atoms with van der Waals surface area (Å²) in [5.74, 6) is 0.842. The van der Waals surface area contributed by atoms with E-state index >= 15 is 0 Å². The average Bonchev–Trinajstić information content (AvgIpc) is 2.47. The number of rotatable bonds is 4. The zero-order valence-corrected chi connectivity index (χ0v) is 13.3. The molecular weight excluding hydrogens is 260 g/mol. The minimum atomic E-state index is -1.90. The van der Waals surface area contributed by atoms with Crippen LogP contribution in [0.4, 0.5) is 0 Å². The molecule has 2 aromatic rings. The maximum atomic E-state index is 6.16. The van der Waals surface area contributed by atoms with Crippen LogP contribution in [0.5, 0.6) is 0 Å². The van der Waals surface area contributed by atoms with Crippen LogP contribution >= 0.6 is 0 Å². The lowest BCUT2D eigenvalue weighted by atomic mass is 10.2. The van der Waals surface area contributed by atoms with E-state index < -0.39 is 8.32 Å². The van der Waals surface area contributed by atoms with Crippen molar-refractivity contribution in [1.82, 2.24) is 0 Å². The van der Waals surface area contributed by atoms with Gasteiger partial charge in [0.1, 0.15) is 5.76 Å². The third kappa shape index (κ3) is 3.99. The first kappa shape index (κ1) is 14.4. The van der Waals surface area contributed by atoms with Crippen LogP contribution in [0.2, 0.25) is 13.1 Å². The molecular formula is C18H20OSi. The van der Waals surface area contributed by atoms with Gasteiger partial charge in [-0.05, 0) is 36.8 Å². The highest BCUT2D eigenvalue weighted by Gasteiger charge is 2.26. The Morgan fingerprint density at radius 1 is 0.950 bits per heavy atom. The highest BCUT2D eigenvalue weighted by molar-refractivity contribution is 6.84. The van der Waals surface area contributed by atoms with E-state index in [9.17, 15) is 0 Å². The molecule has 0 aliphatic carbocycles. The second-order valence-electron chi connectivity index (χ2n) is 5.23.